The molecule has 0 amide bonds. The van der Waals surface area contributed by atoms with Crippen molar-refractivity contribution in [3.63, 3.8) is 0 Å². The molecule has 4 rings (SSSR count). The molecule has 11 nitrogen and oxygen atoms in total. The molecule has 43 heavy (non-hydrogen) atoms. The topological polar surface area (TPSA) is 144 Å². The summed E-state index contributed by atoms with van der Waals surface area (Å²) in [5.41, 5.74) is 3.72. The number of benzene rings is 1. The fourth-order valence-corrected chi connectivity index (χ4v) is 4.88. The van der Waals surface area contributed by atoms with E-state index >= 15 is 0 Å². The van der Waals surface area contributed by atoms with E-state index in [2.05, 4.69) is 18.1 Å². The van der Waals surface area contributed by atoms with E-state index in [0.717, 1.165) is 11.1 Å². The van der Waals surface area contributed by atoms with E-state index in [0.29, 0.717) is 22.6 Å². The molecular formula is C32H33N3O8. The molecular weight excluding hydrogens is 554 g/mol. The van der Waals surface area contributed by atoms with Crippen LogP contribution in [0.3, 0.4) is 0 Å². The lowest BCUT2D eigenvalue weighted by Gasteiger charge is -2.30. The molecule has 0 N–H and O–H groups in total. The van der Waals surface area contributed by atoms with Crippen molar-refractivity contribution in [1.82, 2.24) is 15.0 Å². The molecule has 0 unspecified atom stereocenters. The number of pyridine rings is 1. The van der Waals surface area contributed by atoms with E-state index in [1.165, 1.54) is 13.8 Å². The summed E-state index contributed by atoms with van der Waals surface area (Å²) in [6.45, 7) is 9.71. The number of nitrogens with zero attached hydrogens (tertiary/aromatic N) is 3. The van der Waals surface area contributed by atoms with E-state index in [1.807, 2.05) is 30.3 Å². The lowest BCUT2D eigenvalue weighted by atomic mass is 9.73. The Balaban J connectivity index is 1.54. The number of rotatable bonds is 14. The fraction of sp³-hybridized carbons (Fsp3) is 0.344. The average molecular weight is 588 g/mol. The molecule has 0 fully saturated rings. The first-order chi connectivity index (χ1) is 20.6. The number of hydrogen-bond acceptors (Lipinski definition) is 11. The van der Waals surface area contributed by atoms with Crippen LogP contribution in [0, 0.1) is 0 Å². The van der Waals surface area contributed by atoms with Gasteiger partial charge < -0.3 is 18.9 Å². The highest BCUT2D eigenvalue weighted by Crippen LogP contribution is 2.52. The van der Waals surface area contributed by atoms with Crippen LogP contribution in [-0.4, -0.2) is 65.3 Å². The van der Waals surface area contributed by atoms with Gasteiger partial charge in [-0.05, 0) is 44.4 Å². The number of hydrogen-bond donors (Lipinski definition) is 0. The Bertz CT molecular complexity index is 1530. The third kappa shape index (κ3) is 7.29. The van der Waals surface area contributed by atoms with Crippen LogP contribution >= 0.6 is 0 Å². The third-order valence-corrected chi connectivity index (χ3v) is 6.96. The van der Waals surface area contributed by atoms with Crippen molar-refractivity contribution in [2.45, 2.75) is 44.9 Å². The van der Waals surface area contributed by atoms with Gasteiger partial charge in [0.1, 0.15) is 31.9 Å². The molecule has 3 aromatic rings. The van der Waals surface area contributed by atoms with Gasteiger partial charge in [-0.25, -0.2) is 24.5 Å². The van der Waals surface area contributed by atoms with Crippen molar-refractivity contribution in [3.8, 4) is 11.3 Å². The van der Waals surface area contributed by atoms with Crippen LogP contribution in [0.2, 0.25) is 0 Å². The Labute approximate surface area is 248 Å². The monoisotopic (exact) mass is 587 g/mol. The smallest absolute Gasteiger partial charge is 0.333 e. The lowest BCUT2D eigenvalue weighted by molar-refractivity contribution is -0.150. The van der Waals surface area contributed by atoms with E-state index < -0.39 is 29.3 Å². The van der Waals surface area contributed by atoms with Crippen molar-refractivity contribution in [3.05, 3.63) is 78.2 Å². The number of ether oxygens (including phenoxy) is 4. The van der Waals surface area contributed by atoms with Crippen LogP contribution < -0.4 is 0 Å². The lowest BCUT2D eigenvalue weighted by Crippen LogP contribution is -2.29. The second-order valence-corrected chi connectivity index (χ2v) is 10.2. The first-order valence-corrected chi connectivity index (χ1v) is 13.8. The summed E-state index contributed by atoms with van der Waals surface area (Å²) in [5.74, 6) is -2.10. The average Bonchev–Trinajstić information content (AvgIpc) is 3.26. The van der Waals surface area contributed by atoms with Crippen molar-refractivity contribution in [1.29, 1.82) is 0 Å². The minimum absolute atomic E-state index is 0.000860. The standard InChI is InChI=1S/C32H33N3O8/c1-20(2)30(38)42-18-16-40-25(36)11-13-32(14-12-26(37)41-17-19-43-31(39)21(3)4)23-9-6-5-8-22(23)27-28(32)34-24-10-7-15-33-29(24)35-27/h5-10,15H,1,3,11-14,16-19H2,2,4H3. The SMILES string of the molecule is C=C(C)C(=O)OCCOC(=O)CCC1(CCC(=O)OCCOC(=O)C(=C)C)c2ccccc2-c2nc3ncccc3nc21. The molecule has 11 heteroatoms. The van der Waals surface area contributed by atoms with Gasteiger partial charge in [0, 0.05) is 41.2 Å². The van der Waals surface area contributed by atoms with Gasteiger partial charge in [-0.3, -0.25) is 9.59 Å². The van der Waals surface area contributed by atoms with Crippen LogP contribution in [0.4, 0.5) is 0 Å². The number of carbonyl (C=O) groups is 4. The maximum absolute atomic E-state index is 12.8. The molecule has 1 aliphatic carbocycles. The Morgan fingerprint density at radius 1 is 0.744 bits per heavy atom. The van der Waals surface area contributed by atoms with Crippen LogP contribution in [0.1, 0.15) is 50.8 Å². The van der Waals surface area contributed by atoms with Crippen LogP contribution in [0.15, 0.2) is 66.9 Å². The highest BCUT2D eigenvalue weighted by molar-refractivity contribution is 5.87. The molecule has 0 saturated carbocycles. The van der Waals surface area contributed by atoms with Gasteiger partial charge in [0.15, 0.2) is 5.65 Å². The predicted molar refractivity (Wildman–Crippen MR) is 155 cm³/mol. The molecule has 2 aromatic heterocycles. The summed E-state index contributed by atoms with van der Waals surface area (Å²) >= 11 is 0. The first-order valence-electron chi connectivity index (χ1n) is 13.8. The van der Waals surface area contributed by atoms with Gasteiger partial charge in [-0.2, -0.15) is 0 Å². The highest BCUT2D eigenvalue weighted by atomic mass is 16.6. The predicted octanol–water partition coefficient (Wildman–Crippen LogP) is 4.18. The summed E-state index contributed by atoms with van der Waals surface area (Å²) in [7, 11) is 0. The van der Waals surface area contributed by atoms with Gasteiger partial charge in [0.25, 0.3) is 0 Å². The van der Waals surface area contributed by atoms with Gasteiger partial charge >= 0.3 is 23.9 Å². The second kappa shape index (κ2) is 13.8. The van der Waals surface area contributed by atoms with E-state index in [9.17, 15) is 19.2 Å². The molecule has 0 atom stereocenters. The minimum atomic E-state index is -0.861. The zero-order valence-electron chi connectivity index (χ0n) is 24.2. The maximum Gasteiger partial charge on any atom is 0.333 e. The summed E-state index contributed by atoms with van der Waals surface area (Å²) in [5, 5.41) is 0. The van der Waals surface area contributed by atoms with E-state index in [-0.39, 0.29) is 63.3 Å². The molecule has 0 spiro atoms. The first kappa shape index (κ1) is 31.0. The van der Waals surface area contributed by atoms with Crippen molar-refractivity contribution < 1.29 is 38.1 Å². The van der Waals surface area contributed by atoms with Crippen molar-refractivity contribution >= 4 is 35.0 Å². The molecule has 0 bridgehead atoms. The number of aromatic nitrogens is 3. The van der Waals surface area contributed by atoms with Gasteiger partial charge in [0.2, 0.25) is 0 Å². The molecule has 1 aliphatic rings. The van der Waals surface area contributed by atoms with Gasteiger partial charge in [-0.15, -0.1) is 0 Å². The van der Waals surface area contributed by atoms with E-state index in [4.69, 9.17) is 28.9 Å². The minimum Gasteiger partial charge on any atom is -0.462 e. The highest BCUT2D eigenvalue weighted by Gasteiger charge is 2.46. The largest absolute Gasteiger partial charge is 0.462 e. The molecule has 1 aromatic carbocycles. The van der Waals surface area contributed by atoms with E-state index in [1.54, 1.807) is 12.3 Å². The summed E-state index contributed by atoms with van der Waals surface area (Å²) < 4.78 is 20.6. The molecule has 0 aliphatic heterocycles. The van der Waals surface area contributed by atoms with Crippen LogP contribution in [-0.2, 0) is 43.5 Å². The molecule has 0 radical (unpaired) electrons. The normalized spacial score (nSPS) is 12.5. The van der Waals surface area contributed by atoms with Crippen LogP contribution in [0.25, 0.3) is 22.4 Å². The molecule has 0 saturated heterocycles. The second-order valence-electron chi connectivity index (χ2n) is 10.2. The zero-order chi connectivity index (χ0) is 31.0. The van der Waals surface area contributed by atoms with Gasteiger partial charge in [-0.1, -0.05) is 37.4 Å². The number of carbonyl (C=O) groups excluding carboxylic acids is 4. The zero-order valence-corrected chi connectivity index (χ0v) is 24.2. The van der Waals surface area contributed by atoms with Gasteiger partial charge in [0.05, 0.1) is 11.4 Å². The fourth-order valence-electron chi connectivity index (χ4n) is 4.88. The third-order valence-electron chi connectivity index (χ3n) is 6.96. The Hall–Kier alpha value is -4.93. The summed E-state index contributed by atoms with van der Waals surface area (Å²) in [4.78, 5) is 62.9. The van der Waals surface area contributed by atoms with Crippen molar-refractivity contribution in [2.75, 3.05) is 26.4 Å². The Morgan fingerprint density at radius 2 is 1.30 bits per heavy atom. The van der Waals surface area contributed by atoms with Crippen molar-refractivity contribution in [2.24, 2.45) is 0 Å². The Kier molecular flexibility index (Phi) is 9.97. The Morgan fingerprint density at radius 3 is 1.88 bits per heavy atom. The maximum atomic E-state index is 12.8. The summed E-state index contributed by atoms with van der Waals surface area (Å²) in [6.07, 6.45) is 2.18. The molecule has 2 heterocycles. The quantitative estimate of drug-likeness (QED) is 0.116. The number of esters is 4. The molecule has 224 valence electrons. The van der Waals surface area contributed by atoms with Crippen LogP contribution in [0.5, 0.6) is 0 Å². The number of fused-ring (bicyclic) bond motifs is 4. The summed E-state index contributed by atoms with van der Waals surface area (Å²) in [6, 6.07) is 11.2.